The van der Waals surface area contributed by atoms with E-state index in [1.165, 1.54) is 7.11 Å². The van der Waals surface area contributed by atoms with E-state index in [0.717, 1.165) is 16.9 Å². The highest BCUT2D eigenvalue weighted by Crippen LogP contribution is 2.27. The normalized spacial score (nSPS) is 10.1. The first-order valence-electron chi connectivity index (χ1n) is 9.04. The number of hydrogen-bond acceptors (Lipinski definition) is 5. The Morgan fingerprint density at radius 1 is 0.929 bits per heavy atom. The van der Waals surface area contributed by atoms with Gasteiger partial charge in [-0.25, -0.2) is 0 Å². The maximum absolute atomic E-state index is 12.2. The van der Waals surface area contributed by atoms with Gasteiger partial charge in [0.05, 0.1) is 26.7 Å². The summed E-state index contributed by atoms with van der Waals surface area (Å²) in [6.45, 7) is 6.48. The molecule has 2 aromatic rings. The van der Waals surface area contributed by atoms with E-state index in [-0.39, 0.29) is 18.9 Å². The summed E-state index contributed by atoms with van der Waals surface area (Å²) in [6.07, 6.45) is 0.111. The molecule has 28 heavy (non-hydrogen) atoms. The summed E-state index contributed by atoms with van der Waals surface area (Å²) < 4.78 is 16.3. The van der Waals surface area contributed by atoms with Gasteiger partial charge in [0.2, 0.25) is 5.91 Å². The maximum Gasteiger partial charge on any atom is 0.269 e. The molecular weight excluding hydrogens is 360 g/mol. The Labute approximate surface area is 165 Å². The zero-order chi connectivity index (χ0) is 20.5. The van der Waals surface area contributed by atoms with Crippen LogP contribution in [-0.2, 0) is 4.79 Å². The van der Waals surface area contributed by atoms with Crippen LogP contribution in [0.25, 0.3) is 0 Å². The van der Waals surface area contributed by atoms with Gasteiger partial charge in [0.25, 0.3) is 5.91 Å². The highest BCUT2D eigenvalue weighted by molar-refractivity contribution is 5.96. The molecule has 0 heterocycles. The number of benzene rings is 2. The number of amides is 2. The molecule has 2 N–H and O–H groups in total. The van der Waals surface area contributed by atoms with Crippen LogP contribution >= 0.6 is 0 Å². The molecule has 2 amide bonds. The molecule has 0 aliphatic heterocycles. The fourth-order valence-corrected chi connectivity index (χ4v) is 2.46. The average Bonchev–Trinajstić information content (AvgIpc) is 2.69. The Morgan fingerprint density at radius 2 is 1.71 bits per heavy atom. The summed E-state index contributed by atoms with van der Waals surface area (Å²) >= 11 is 0. The Bertz CT molecular complexity index is 836. The summed E-state index contributed by atoms with van der Waals surface area (Å²) in [5, 5.41) is 0. The number of carbonyl (C=O) groups excluding carboxylic acids is 2. The van der Waals surface area contributed by atoms with Crippen LogP contribution in [0.3, 0.4) is 0 Å². The van der Waals surface area contributed by atoms with Crippen molar-refractivity contribution < 1.29 is 23.8 Å². The van der Waals surface area contributed by atoms with Gasteiger partial charge in [0.15, 0.2) is 11.5 Å². The minimum Gasteiger partial charge on any atom is -0.493 e. The van der Waals surface area contributed by atoms with Crippen LogP contribution in [0.4, 0.5) is 0 Å². The van der Waals surface area contributed by atoms with Gasteiger partial charge < -0.3 is 14.2 Å². The van der Waals surface area contributed by atoms with E-state index in [9.17, 15) is 9.59 Å². The smallest absolute Gasteiger partial charge is 0.269 e. The van der Waals surface area contributed by atoms with Crippen molar-refractivity contribution in [2.75, 3.05) is 20.3 Å². The van der Waals surface area contributed by atoms with E-state index in [1.54, 1.807) is 18.2 Å². The van der Waals surface area contributed by atoms with Crippen LogP contribution < -0.4 is 25.1 Å². The largest absolute Gasteiger partial charge is 0.493 e. The van der Waals surface area contributed by atoms with Crippen LogP contribution in [0.1, 0.15) is 34.8 Å². The van der Waals surface area contributed by atoms with Gasteiger partial charge in [-0.1, -0.05) is 12.1 Å². The van der Waals surface area contributed by atoms with Crippen molar-refractivity contribution in [2.24, 2.45) is 0 Å². The third-order valence-corrected chi connectivity index (χ3v) is 3.97. The van der Waals surface area contributed by atoms with Crippen LogP contribution in [0.2, 0.25) is 0 Å². The molecule has 0 aliphatic carbocycles. The van der Waals surface area contributed by atoms with Crippen LogP contribution in [0.15, 0.2) is 36.4 Å². The van der Waals surface area contributed by atoms with Gasteiger partial charge in [-0.3, -0.25) is 20.4 Å². The molecule has 0 spiro atoms. The number of hydrogen-bond donors (Lipinski definition) is 2. The number of methoxy groups -OCH3 is 1. The molecule has 0 saturated heterocycles. The van der Waals surface area contributed by atoms with Crippen molar-refractivity contribution in [3.8, 4) is 17.2 Å². The molecule has 0 radical (unpaired) electrons. The topological polar surface area (TPSA) is 85.9 Å². The first kappa shape index (κ1) is 21.1. The van der Waals surface area contributed by atoms with Crippen molar-refractivity contribution in [1.82, 2.24) is 10.9 Å². The molecule has 0 aliphatic rings. The summed E-state index contributed by atoms with van der Waals surface area (Å²) in [5.74, 6) is 0.942. The van der Waals surface area contributed by atoms with E-state index in [0.29, 0.717) is 23.7 Å². The van der Waals surface area contributed by atoms with Gasteiger partial charge in [0.1, 0.15) is 5.75 Å². The average molecular weight is 386 g/mol. The number of rotatable bonds is 8. The van der Waals surface area contributed by atoms with Crippen molar-refractivity contribution in [3.05, 3.63) is 53.1 Å². The number of nitrogens with one attached hydrogen (secondary N) is 2. The SMILES string of the molecule is CCOc1ccc(C(=O)NNC(=O)CCOc2cc(C)ccc2C)cc1OC. The molecule has 2 rings (SSSR count). The van der Waals surface area contributed by atoms with Gasteiger partial charge in [-0.2, -0.15) is 0 Å². The Hall–Kier alpha value is -3.22. The quantitative estimate of drug-likeness (QED) is 0.682. The Morgan fingerprint density at radius 3 is 2.43 bits per heavy atom. The lowest BCUT2D eigenvalue weighted by molar-refractivity contribution is -0.122. The second-order valence-electron chi connectivity index (χ2n) is 6.17. The van der Waals surface area contributed by atoms with Crippen molar-refractivity contribution in [2.45, 2.75) is 27.2 Å². The van der Waals surface area contributed by atoms with Gasteiger partial charge in [-0.05, 0) is 56.2 Å². The molecule has 0 bridgehead atoms. The first-order valence-corrected chi connectivity index (χ1v) is 9.04. The molecule has 150 valence electrons. The van der Waals surface area contributed by atoms with Gasteiger partial charge in [-0.15, -0.1) is 0 Å². The lowest BCUT2D eigenvalue weighted by Gasteiger charge is -2.12. The molecule has 7 heteroatoms. The predicted octanol–water partition coefficient (Wildman–Crippen LogP) is 2.94. The Balaban J connectivity index is 1.82. The second kappa shape index (κ2) is 10.2. The van der Waals surface area contributed by atoms with Crippen molar-refractivity contribution in [3.63, 3.8) is 0 Å². The Kier molecular flexibility index (Phi) is 7.68. The van der Waals surface area contributed by atoms with Crippen LogP contribution in [-0.4, -0.2) is 32.1 Å². The zero-order valence-electron chi connectivity index (χ0n) is 16.6. The lowest BCUT2D eigenvalue weighted by atomic mass is 10.1. The van der Waals surface area contributed by atoms with Crippen molar-refractivity contribution in [1.29, 1.82) is 0 Å². The minimum atomic E-state index is -0.454. The zero-order valence-corrected chi connectivity index (χ0v) is 16.6. The number of aryl methyl sites for hydroxylation is 2. The highest BCUT2D eigenvalue weighted by atomic mass is 16.5. The summed E-state index contributed by atoms with van der Waals surface area (Å²) in [4.78, 5) is 24.1. The highest BCUT2D eigenvalue weighted by Gasteiger charge is 2.12. The van der Waals surface area contributed by atoms with E-state index in [2.05, 4.69) is 10.9 Å². The molecule has 0 unspecified atom stereocenters. The predicted molar refractivity (Wildman–Crippen MR) is 106 cm³/mol. The molecule has 0 atom stereocenters. The molecule has 2 aromatic carbocycles. The summed E-state index contributed by atoms with van der Waals surface area (Å²) in [7, 11) is 1.50. The minimum absolute atomic E-state index is 0.111. The fraction of sp³-hybridized carbons (Fsp3) is 0.333. The molecule has 0 fully saturated rings. The molecule has 0 aromatic heterocycles. The maximum atomic E-state index is 12.2. The molecule has 0 saturated carbocycles. The van der Waals surface area contributed by atoms with E-state index >= 15 is 0 Å². The third kappa shape index (κ3) is 5.90. The van der Waals surface area contributed by atoms with E-state index < -0.39 is 5.91 Å². The van der Waals surface area contributed by atoms with Gasteiger partial charge in [0, 0.05) is 5.56 Å². The van der Waals surface area contributed by atoms with E-state index in [1.807, 2.05) is 39.0 Å². The number of ether oxygens (including phenoxy) is 3. The van der Waals surface area contributed by atoms with Crippen LogP contribution in [0, 0.1) is 13.8 Å². The van der Waals surface area contributed by atoms with E-state index in [4.69, 9.17) is 14.2 Å². The van der Waals surface area contributed by atoms with Crippen molar-refractivity contribution >= 4 is 11.8 Å². The lowest BCUT2D eigenvalue weighted by Crippen LogP contribution is -2.42. The summed E-state index contributed by atoms with van der Waals surface area (Å²) in [5.41, 5.74) is 7.19. The summed E-state index contributed by atoms with van der Waals surface area (Å²) in [6, 6.07) is 10.7. The number of hydrazine groups is 1. The van der Waals surface area contributed by atoms with Gasteiger partial charge >= 0.3 is 0 Å². The standard InChI is InChI=1S/C21H26N2O5/c1-5-27-17-9-8-16(13-19(17)26-4)21(25)23-22-20(24)10-11-28-18-12-14(2)6-7-15(18)3/h6-9,12-13H,5,10-11H2,1-4H3,(H,22,24)(H,23,25). The fourth-order valence-electron chi connectivity index (χ4n) is 2.46. The second-order valence-corrected chi connectivity index (χ2v) is 6.17. The number of carbonyl (C=O) groups is 2. The molecular formula is C21H26N2O5. The third-order valence-electron chi connectivity index (χ3n) is 3.97. The monoisotopic (exact) mass is 386 g/mol. The molecule has 7 nitrogen and oxygen atoms in total. The first-order chi connectivity index (χ1) is 13.4. The van der Waals surface area contributed by atoms with Crippen LogP contribution in [0.5, 0.6) is 17.2 Å².